The largest absolute Gasteiger partial charge is 0.364 e. The first kappa shape index (κ1) is 18.9. The van der Waals surface area contributed by atoms with E-state index in [2.05, 4.69) is 26.7 Å². The van der Waals surface area contributed by atoms with Gasteiger partial charge in [-0.2, -0.15) is 0 Å². The highest BCUT2D eigenvalue weighted by molar-refractivity contribution is 5.82. The fourth-order valence-corrected chi connectivity index (χ4v) is 4.28. The highest BCUT2D eigenvalue weighted by Gasteiger charge is 2.42. The summed E-state index contributed by atoms with van der Waals surface area (Å²) >= 11 is 0. The Balaban J connectivity index is 1.67. The number of anilines is 2. The van der Waals surface area contributed by atoms with Crippen LogP contribution in [0.5, 0.6) is 0 Å². The van der Waals surface area contributed by atoms with Crippen molar-refractivity contribution in [1.29, 1.82) is 0 Å². The molecule has 1 fully saturated rings. The average Bonchev–Trinajstić information content (AvgIpc) is 2.76. The number of nitrogens with one attached hydrogen (secondary N) is 1. The predicted octanol–water partition coefficient (Wildman–Crippen LogP) is 2.16. The van der Waals surface area contributed by atoms with Gasteiger partial charge in [0.2, 0.25) is 5.91 Å². The van der Waals surface area contributed by atoms with E-state index >= 15 is 0 Å². The Morgan fingerprint density at radius 3 is 2.93 bits per heavy atom. The van der Waals surface area contributed by atoms with E-state index in [1.165, 1.54) is 0 Å². The summed E-state index contributed by atoms with van der Waals surface area (Å²) < 4.78 is 0. The Hall–Kier alpha value is -3.42. The molecule has 0 spiro atoms. The van der Waals surface area contributed by atoms with Crippen LogP contribution < -0.4 is 15.1 Å². The van der Waals surface area contributed by atoms with Crippen LogP contribution in [0.3, 0.4) is 0 Å². The van der Waals surface area contributed by atoms with E-state index < -0.39 is 4.92 Å². The molecule has 8 nitrogen and oxygen atoms in total. The summed E-state index contributed by atoms with van der Waals surface area (Å²) in [5.41, 5.74) is 1.88. The number of piperazine rings is 1. The van der Waals surface area contributed by atoms with Gasteiger partial charge >= 0.3 is 0 Å². The predicted molar refractivity (Wildman–Crippen MR) is 111 cm³/mol. The number of rotatable bonds is 5. The second kappa shape index (κ2) is 7.90. The van der Waals surface area contributed by atoms with Gasteiger partial charge in [-0.1, -0.05) is 12.1 Å². The molecule has 1 aromatic carbocycles. The molecule has 4 rings (SSSR count). The molecular formula is C21H23N5O3. The van der Waals surface area contributed by atoms with Crippen molar-refractivity contribution in [1.82, 2.24) is 10.3 Å². The molecule has 8 heteroatoms. The number of nitro groups is 1. The Morgan fingerprint density at radius 2 is 2.21 bits per heavy atom. The summed E-state index contributed by atoms with van der Waals surface area (Å²) in [5.74, 6) is 0.530. The van der Waals surface area contributed by atoms with Crippen LogP contribution >= 0.6 is 0 Å². The minimum atomic E-state index is -0.391. The summed E-state index contributed by atoms with van der Waals surface area (Å²) in [6.07, 6.45) is 3.89. The van der Waals surface area contributed by atoms with E-state index in [4.69, 9.17) is 0 Å². The standard InChI is InChI=1S/C21H23N5O3/c1-2-8-23-21(27)17-13-15-12-16(26(28)29)6-7-18(15)25-11-10-24(14-19(17)25)20-5-3-4-9-22-20/h2-7,9,12,17,19H,1,8,10-11,13-14H2,(H,23,27)/t17-,19+/m1/s1. The van der Waals surface area contributed by atoms with Gasteiger partial charge in [0.05, 0.1) is 16.9 Å². The van der Waals surface area contributed by atoms with Gasteiger partial charge in [-0.15, -0.1) is 6.58 Å². The number of benzene rings is 1. The van der Waals surface area contributed by atoms with Crippen molar-refractivity contribution in [2.24, 2.45) is 5.92 Å². The number of carbonyl (C=O) groups excluding carboxylic acids is 1. The minimum Gasteiger partial charge on any atom is -0.364 e. The van der Waals surface area contributed by atoms with Crippen molar-refractivity contribution < 1.29 is 9.72 Å². The van der Waals surface area contributed by atoms with E-state index in [1.807, 2.05) is 24.3 Å². The van der Waals surface area contributed by atoms with Crippen LogP contribution in [0.25, 0.3) is 0 Å². The molecule has 150 valence electrons. The second-order valence-electron chi connectivity index (χ2n) is 7.31. The van der Waals surface area contributed by atoms with Crippen molar-refractivity contribution >= 4 is 23.1 Å². The summed E-state index contributed by atoms with van der Waals surface area (Å²) in [7, 11) is 0. The number of carbonyl (C=O) groups is 1. The molecule has 2 aromatic rings. The number of non-ortho nitro benzene ring substituents is 1. The number of aromatic nitrogens is 1. The topological polar surface area (TPSA) is 91.6 Å². The third kappa shape index (κ3) is 3.65. The van der Waals surface area contributed by atoms with Gasteiger partial charge in [0.15, 0.2) is 0 Å². The van der Waals surface area contributed by atoms with Crippen LogP contribution in [0.1, 0.15) is 5.56 Å². The van der Waals surface area contributed by atoms with Crippen LogP contribution in [0.4, 0.5) is 17.2 Å². The molecule has 0 aliphatic carbocycles. The van der Waals surface area contributed by atoms with Gasteiger partial charge in [0, 0.05) is 50.2 Å². The van der Waals surface area contributed by atoms with Crippen LogP contribution in [-0.2, 0) is 11.2 Å². The number of fused-ring (bicyclic) bond motifs is 3. The zero-order valence-corrected chi connectivity index (χ0v) is 16.0. The van der Waals surface area contributed by atoms with E-state index in [9.17, 15) is 14.9 Å². The molecule has 1 aromatic heterocycles. The van der Waals surface area contributed by atoms with Crippen molar-refractivity contribution in [3.8, 4) is 0 Å². The Bertz CT molecular complexity index is 933. The maximum atomic E-state index is 12.9. The fourth-order valence-electron chi connectivity index (χ4n) is 4.28. The Morgan fingerprint density at radius 1 is 1.34 bits per heavy atom. The number of hydrogen-bond acceptors (Lipinski definition) is 6. The smallest absolute Gasteiger partial charge is 0.269 e. The number of amides is 1. The van der Waals surface area contributed by atoms with Crippen LogP contribution in [-0.4, -0.2) is 48.0 Å². The van der Waals surface area contributed by atoms with Gasteiger partial charge in [-0.3, -0.25) is 14.9 Å². The third-order valence-electron chi connectivity index (χ3n) is 5.64. The van der Waals surface area contributed by atoms with E-state index in [-0.39, 0.29) is 23.6 Å². The van der Waals surface area contributed by atoms with Crippen LogP contribution in [0.2, 0.25) is 0 Å². The molecule has 2 aliphatic heterocycles. The Labute approximate surface area is 169 Å². The maximum absolute atomic E-state index is 12.9. The van der Waals surface area contributed by atoms with E-state index in [1.54, 1.807) is 24.4 Å². The number of nitro benzene ring substituents is 1. The molecule has 1 amide bonds. The number of nitrogens with zero attached hydrogens (tertiary/aromatic N) is 4. The Kier molecular flexibility index (Phi) is 5.16. The van der Waals surface area contributed by atoms with E-state index in [0.29, 0.717) is 19.5 Å². The normalized spacial score (nSPS) is 20.4. The van der Waals surface area contributed by atoms with Gasteiger partial charge in [-0.05, 0) is 30.2 Å². The lowest BCUT2D eigenvalue weighted by Crippen LogP contribution is -2.61. The fraction of sp³-hybridized carbons (Fsp3) is 0.333. The molecule has 0 saturated carbocycles. The summed E-state index contributed by atoms with van der Waals surface area (Å²) in [6.45, 7) is 6.21. The molecule has 3 heterocycles. The average molecular weight is 393 g/mol. The molecule has 29 heavy (non-hydrogen) atoms. The van der Waals surface area contributed by atoms with Gasteiger partial charge in [0.25, 0.3) is 5.69 Å². The monoisotopic (exact) mass is 393 g/mol. The van der Waals surface area contributed by atoms with Crippen molar-refractivity contribution in [2.45, 2.75) is 12.5 Å². The summed E-state index contributed by atoms with van der Waals surface area (Å²) in [4.78, 5) is 32.6. The lowest BCUT2D eigenvalue weighted by molar-refractivity contribution is -0.384. The van der Waals surface area contributed by atoms with Gasteiger partial charge in [-0.25, -0.2) is 4.98 Å². The summed E-state index contributed by atoms with van der Waals surface area (Å²) in [5, 5.41) is 14.1. The molecule has 0 bridgehead atoms. The molecule has 1 N–H and O–H groups in total. The quantitative estimate of drug-likeness (QED) is 0.476. The van der Waals surface area contributed by atoms with Crippen molar-refractivity contribution in [2.75, 3.05) is 36.0 Å². The van der Waals surface area contributed by atoms with Crippen molar-refractivity contribution in [3.05, 3.63) is 70.9 Å². The highest BCUT2D eigenvalue weighted by atomic mass is 16.6. The lowest BCUT2D eigenvalue weighted by Gasteiger charge is -2.49. The van der Waals surface area contributed by atoms with Crippen LogP contribution in [0, 0.1) is 16.0 Å². The van der Waals surface area contributed by atoms with Crippen molar-refractivity contribution in [3.63, 3.8) is 0 Å². The molecule has 0 radical (unpaired) electrons. The molecule has 2 atom stereocenters. The van der Waals surface area contributed by atoms with Gasteiger partial charge in [0.1, 0.15) is 5.82 Å². The number of hydrogen-bond donors (Lipinski definition) is 1. The van der Waals surface area contributed by atoms with E-state index in [0.717, 1.165) is 30.2 Å². The lowest BCUT2D eigenvalue weighted by atomic mass is 9.83. The zero-order valence-electron chi connectivity index (χ0n) is 16.0. The molecule has 1 saturated heterocycles. The first-order valence-corrected chi connectivity index (χ1v) is 9.67. The summed E-state index contributed by atoms with van der Waals surface area (Å²) in [6, 6.07) is 10.7. The third-order valence-corrected chi connectivity index (χ3v) is 5.64. The molecule has 0 unspecified atom stereocenters. The SMILES string of the molecule is C=CCNC(=O)[C@@H]1Cc2cc([N+](=O)[O-])ccc2N2CCN(c3ccccn3)C[C@@H]12. The highest BCUT2D eigenvalue weighted by Crippen LogP contribution is 2.38. The van der Waals surface area contributed by atoms with Gasteiger partial charge < -0.3 is 15.1 Å². The minimum absolute atomic E-state index is 0.0375. The van der Waals surface area contributed by atoms with Crippen LogP contribution in [0.15, 0.2) is 55.3 Å². The molecular weight excluding hydrogens is 370 g/mol. The zero-order chi connectivity index (χ0) is 20.4. The molecule has 2 aliphatic rings. The second-order valence-corrected chi connectivity index (χ2v) is 7.31. The number of pyridine rings is 1. The maximum Gasteiger partial charge on any atom is 0.269 e. The first-order valence-electron chi connectivity index (χ1n) is 9.67. The first-order chi connectivity index (χ1) is 14.1.